The van der Waals surface area contributed by atoms with Crippen molar-refractivity contribution in [1.29, 1.82) is 0 Å². The van der Waals surface area contributed by atoms with Crippen LogP contribution in [0.1, 0.15) is 27.9 Å². The van der Waals surface area contributed by atoms with Crippen molar-refractivity contribution in [1.82, 2.24) is 14.9 Å². The third-order valence-corrected chi connectivity index (χ3v) is 6.30. The average molecular weight is 430 g/mol. The molecule has 0 bridgehead atoms. The van der Waals surface area contributed by atoms with Gasteiger partial charge in [0, 0.05) is 48.7 Å². The highest BCUT2D eigenvalue weighted by Gasteiger charge is 2.24. The quantitative estimate of drug-likeness (QED) is 0.634. The number of piperazine rings is 1. The number of hydrogen-bond acceptors (Lipinski definition) is 4. The van der Waals surface area contributed by atoms with Crippen molar-refractivity contribution >= 4 is 17.5 Å². The van der Waals surface area contributed by atoms with Gasteiger partial charge in [0.1, 0.15) is 5.82 Å². The van der Waals surface area contributed by atoms with Crippen LogP contribution in [0.5, 0.6) is 0 Å². The zero-order chi connectivity index (χ0) is 22.8. The lowest BCUT2D eigenvalue weighted by Crippen LogP contribution is -2.50. The van der Waals surface area contributed by atoms with Crippen molar-refractivity contribution in [3.8, 4) is 11.4 Å². The van der Waals surface area contributed by atoms with Gasteiger partial charge in [-0.2, -0.15) is 0 Å². The Kier molecular flexibility index (Phi) is 6.12. The Morgan fingerprint density at radius 3 is 2.19 bits per heavy atom. The zero-order valence-electron chi connectivity index (χ0n) is 19.6. The van der Waals surface area contributed by atoms with Crippen LogP contribution in [0.15, 0.2) is 42.5 Å². The fourth-order valence-electron chi connectivity index (χ4n) is 3.90. The van der Waals surface area contributed by atoms with Crippen LogP contribution in [0.2, 0.25) is 0 Å². The highest BCUT2D eigenvalue weighted by atomic mass is 16.2. The van der Waals surface area contributed by atoms with Gasteiger partial charge in [-0.25, -0.2) is 14.8 Å². The molecular formula is C26H31N5O. The van der Waals surface area contributed by atoms with Gasteiger partial charge in [-0.05, 0) is 57.9 Å². The number of hydrogen-bond donors (Lipinski definition) is 1. The van der Waals surface area contributed by atoms with Crippen molar-refractivity contribution in [3.63, 3.8) is 0 Å². The Balaban J connectivity index is 1.46. The molecule has 1 saturated heterocycles. The number of aryl methyl sites for hydroxylation is 4. The molecule has 6 heteroatoms. The highest BCUT2D eigenvalue weighted by molar-refractivity contribution is 5.89. The number of rotatable bonds is 3. The molecule has 1 aromatic heterocycles. The smallest absolute Gasteiger partial charge is 0.321 e. The summed E-state index contributed by atoms with van der Waals surface area (Å²) in [6, 6.07) is 14.3. The average Bonchev–Trinajstić information content (AvgIpc) is 2.79. The van der Waals surface area contributed by atoms with Crippen LogP contribution in [-0.2, 0) is 0 Å². The summed E-state index contributed by atoms with van der Waals surface area (Å²) < 4.78 is 0. The molecule has 1 fully saturated rings. The number of anilines is 2. The molecule has 2 heterocycles. The van der Waals surface area contributed by atoms with Crippen LogP contribution in [-0.4, -0.2) is 47.1 Å². The maximum atomic E-state index is 12.8. The van der Waals surface area contributed by atoms with Gasteiger partial charge in [0.25, 0.3) is 0 Å². The van der Waals surface area contributed by atoms with Crippen molar-refractivity contribution in [2.24, 2.45) is 0 Å². The van der Waals surface area contributed by atoms with Gasteiger partial charge in [-0.1, -0.05) is 35.9 Å². The first kappa shape index (κ1) is 21.8. The summed E-state index contributed by atoms with van der Waals surface area (Å²) in [5.41, 5.74) is 7.54. The molecule has 0 spiro atoms. The van der Waals surface area contributed by atoms with E-state index in [1.165, 1.54) is 16.7 Å². The summed E-state index contributed by atoms with van der Waals surface area (Å²) in [7, 11) is 0. The van der Waals surface area contributed by atoms with E-state index >= 15 is 0 Å². The fourth-order valence-corrected chi connectivity index (χ4v) is 3.90. The maximum absolute atomic E-state index is 12.8. The lowest BCUT2D eigenvalue weighted by molar-refractivity contribution is 0.208. The molecular weight excluding hydrogens is 398 g/mol. The number of urea groups is 1. The van der Waals surface area contributed by atoms with Gasteiger partial charge in [0.2, 0.25) is 0 Å². The van der Waals surface area contributed by atoms with Crippen LogP contribution < -0.4 is 10.2 Å². The number of nitrogens with zero attached hydrogens (tertiary/aromatic N) is 4. The van der Waals surface area contributed by atoms with Crippen molar-refractivity contribution < 1.29 is 4.79 Å². The third-order valence-electron chi connectivity index (χ3n) is 6.30. The van der Waals surface area contributed by atoms with Crippen LogP contribution in [0.25, 0.3) is 11.4 Å². The van der Waals surface area contributed by atoms with Crippen LogP contribution in [0, 0.1) is 34.6 Å². The Labute approximate surface area is 190 Å². The molecule has 0 atom stereocenters. The summed E-state index contributed by atoms with van der Waals surface area (Å²) in [6.45, 7) is 13.1. The summed E-state index contributed by atoms with van der Waals surface area (Å²) in [5.74, 6) is 1.71. The van der Waals surface area contributed by atoms with E-state index in [4.69, 9.17) is 9.97 Å². The molecule has 4 rings (SSSR count). The van der Waals surface area contributed by atoms with Gasteiger partial charge in [-0.3, -0.25) is 0 Å². The van der Waals surface area contributed by atoms with E-state index in [0.29, 0.717) is 13.1 Å². The van der Waals surface area contributed by atoms with Gasteiger partial charge in [-0.15, -0.1) is 0 Å². The predicted molar refractivity (Wildman–Crippen MR) is 130 cm³/mol. The number of carbonyl (C=O) groups excluding carboxylic acids is 1. The molecule has 2 amide bonds. The first-order valence-corrected chi connectivity index (χ1v) is 11.1. The minimum atomic E-state index is -0.0520. The fraction of sp³-hybridized carbons (Fsp3) is 0.346. The van der Waals surface area contributed by atoms with E-state index in [0.717, 1.165) is 47.2 Å². The molecule has 0 saturated carbocycles. The number of nitrogens with one attached hydrogen (secondary N) is 1. The second-order valence-corrected chi connectivity index (χ2v) is 8.65. The first-order chi connectivity index (χ1) is 15.3. The standard InChI is InChI=1S/C26H31N5O/c1-17-6-9-22(10-7-17)24-27-21(5)20(4)25(29-24)30-12-14-31(15-13-30)26(32)28-23-11-8-18(2)19(3)16-23/h6-11,16H,12-15H2,1-5H3,(H,28,32). The lowest BCUT2D eigenvalue weighted by atomic mass is 10.1. The van der Waals surface area contributed by atoms with E-state index in [-0.39, 0.29) is 6.03 Å². The predicted octanol–water partition coefficient (Wildman–Crippen LogP) is 5.04. The van der Waals surface area contributed by atoms with Gasteiger partial charge >= 0.3 is 6.03 Å². The van der Waals surface area contributed by atoms with Crippen molar-refractivity contribution in [3.05, 3.63) is 70.4 Å². The maximum Gasteiger partial charge on any atom is 0.321 e. The molecule has 2 aromatic carbocycles. The van der Waals surface area contributed by atoms with Crippen molar-refractivity contribution in [2.75, 3.05) is 36.4 Å². The molecule has 1 aliphatic rings. The van der Waals surface area contributed by atoms with E-state index in [2.05, 4.69) is 62.2 Å². The van der Waals surface area contributed by atoms with Gasteiger partial charge in [0.15, 0.2) is 5.82 Å². The number of amides is 2. The Morgan fingerprint density at radius 1 is 0.844 bits per heavy atom. The number of aromatic nitrogens is 2. The Morgan fingerprint density at radius 2 is 1.53 bits per heavy atom. The monoisotopic (exact) mass is 429 g/mol. The molecule has 1 N–H and O–H groups in total. The van der Waals surface area contributed by atoms with Crippen LogP contribution in [0.4, 0.5) is 16.3 Å². The summed E-state index contributed by atoms with van der Waals surface area (Å²) >= 11 is 0. The molecule has 0 unspecified atom stereocenters. The first-order valence-electron chi connectivity index (χ1n) is 11.1. The lowest BCUT2D eigenvalue weighted by Gasteiger charge is -2.36. The van der Waals surface area contributed by atoms with Gasteiger partial charge in [0.05, 0.1) is 0 Å². The van der Waals surface area contributed by atoms with E-state index in [1.54, 1.807) is 0 Å². The highest BCUT2D eigenvalue weighted by Crippen LogP contribution is 2.26. The number of benzene rings is 2. The van der Waals surface area contributed by atoms with Crippen LogP contribution >= 0.6 is 0 Å². The minimum absolute atomic E-state index is 0.0520. The molecule has 0 aliphatic carbocycles. The van der Waals surface area contributed by atoms with E-state index < -0.39 is 0 Å². The second-order valence-electron chi connectivity index (χ2n) is 8.65. The minimum Gasteiger partial charge on any atom is -0.353 e. The summed E-state index contributed by atoms with van der Waals surface area (Å²) in [6.07, 6.45) is 0. The molecule has 166 valence electrons. The molecule has 3 aromatic rings. The topological polar surface area (TPSA) is 61.4 Å². The van der Waals surface area contributed by atoms with Gasteiger partial charge < -0.3 is 15.1 Å². The van der Waals surface area contributed by atoms with E-state index in [9.17, 15) is 4.79 Å². The number of carbonyl (C=O) groups is 1. The van der Waals surface area contributed by atoms with Crippen LogP contribution in [0.3, 0.4) is 0 Å². The summed E-state index contributed by atoms with van der Waals surface area (Å²) in [4.78, 5) is 26.5. The molecule has 6 nitrogen and oxygen atoms in total. The zero-order valence-corrected chi connectivity index (χ0v) is 19.6. The molecule has 1 aliphatic heterocycles. The Hall–Kier alpha value is -3.41. The largest absolute Gasteiger partial charge is 0.353 e. The van der Waals surface area contributed by atoms with E-state index in [1.807, 2.05) is 30.0 Å². The van der Waals surface area contributed by atoms with Crippen molar-refractivity contribution in [2.45, 2.75) is 34.6 Å². The second kappa shape index (κ2) is 8.99. The SMILES string of the molecule is Cc1ccc(-c2nc(C)c(C)c(N3CCN(C(=O)Nc4ccc(C)c(C)c4)CC3)n2)cc1. The Bertz CT molecular complexity index is 1130. The summed E-state index contributed by atoms with van der Waals surface area (Å²) in [5, 5.41) is 3.03. The third kappa shape index (κ3) is 4.59. The molecule has 32 heavy (non-hydrogen) atoms. The normalized spacial score (nSPS) is 13.9. The molecule has 0 radical (unpaired) electrons.